The highest BCUT2D eigenvalue weighted by atomic mass is 35.5. The molecule has 0 saturated heterocycles. The lowest BCUT2D eigenvalue weighted by Crippen LogP contribution is -2.20. The second-order valence-corrected chi connectivity index (χ2v) is 9.73. The van der Waals surface area contributed by atoms with Crippen molar-refractivity contribution in [2.75, 3.05) is 10.6 Å². The van der Waals surface area contributed by atoms with Gasteiger partial charge in [-0.05, 0) is 50.1 Å². The number of hydrogen-bond acceptors (Lipinski definition) is 6. The van der Waals surface area contributed by atoms with Crippen molar-refractivity contribution < 1.29 is 14.0 Å². The highest BCUT2D eigenvalue weighted by Gasteiger charge is 2.30. The molecular weight excluding hydrogens is 491 g/mol. The molecule has 0 aliphatic heterocycles. The van der Waals surface area contributed by atoms with Crippen LogP contribution in [0.5, 0.6) is 0 Å². The molecule has 4 aromatic rings. The third kappa shape index (κ3) is 4.42. The lowest BCUT2D eigenvalue weighted by molar-refractivity contribution is -0.116. The summed E-state index contributed by atoms with van der Waals surface area (Å²) in [4.78, 5) is 33.1. The summed E-state index contributed by atoms with van der Waals surface area (Å²) in [5.41, 5.74) is 4.55. The van der Waals surface area contributed by atoms with Crippen LogP contribution in [-0.4, -0.2) is 36.9 Å². The van der Waals surface area contributed by atoms with Gasteiger partial charge in [-0.3, -0.25) is 14.6 Å². The summed E-state index contributed by atoms with van der Waals surface area (Å²) in [7, 11) is 0. The van der Waals surface area contributed by atoms with Crippen LogP contribution >= 0.6 is 22.9 Å². The van der Waals surface area contributed by atoms with E-state index in [1.165, 1.54) is 24.3 Å². The van der Waals surface area contributed by atoms with Crippen LogP contribution in [0.25, 0.3) is 27.5 Å². The first-order valence-corrected chi connectivity index (χ1v) is 12.1. The van der Waals surface area contributed by atoms with Gasteiger partial charge in [0.25, 0.3) is 0 Å². The molecule has 1 unspecified atom stereocenters. The number of benzene rings is 1. The molecule has 3 aromatic heterocycles. The van der Waals surface area contributed by atoms with E-state index < -0.39 is 17.1 Å². The number of fused-ring (bicyclic) bond motifs is 3. The number of aromatic nitrogens is 4. The Hall–Kier alpha value is -3.63. The molecule has 0 saturated carbocycles. The van der Waals surface area contributed by atoms with E-state index in [1.807, 2.05) is 12.1 Å². The van der Waals surface area contributed by atoms with E-state index in [0.29, 0.717) is 29.4 Å². The molecule has 35 heavy (non-hydrogen) atoms. The molecule has 1 aromatic carbocycles. The minimum Gasteiger partial charge on any atom is -0.325 e. The predicted molar refractivity (Wildman–Crippen MR) is 134 cm³/mol. The standard InChI is InChI=1S/C24H20ClFN6O2S/c1-12(25)23(34)29-15-5-8-19(17(26)10-15)32-21-16(20(31-32)14-4-3-9-27-11-14)6-7-18-22(21)35-24(30-18)28-13(2)33/h3-5,8-12H,6-7H2,1-2H3,(H,29,34)(H,28,30,33). The highest BCUT2D eigenvalue weighted by Crippen LogP contribution is 2.44. The number of rotatable bonds is 5. The van der Waals surface area contributed by atoms with Crippen LogP contribution < -0.4 is 10.6 Å². The zero-order chi connectivity index (χ0) is 24.7. The average molecular weight is 511 g/mol. The van der Waals surface area contributed by atoms with Crippen LogP contribution in [0.2, 0.25) is 0 Å². The van der Waals surface area contributed by atoms with E-state index in [-0.39, 0.29) is 11.6 Å². The molecule has 0 fully saturated rings. The fourth-order valence-corrected chi connectivity index (χ4v) is 5.15. The van der Waals surface area contributed by atoms with E-state index in [9.17, 15) is 9.59 Å². The maximum absolute atomic E-state index is 15.4. The van der Waals surface area contributed by atoms with E-state index in [1.54, 1.807) is 36.1 Å². The smallest absolute Gasteiger partial charge is 0.242 e. The van der Waals surface area contributed by atoms with E-state index >= 15 is 4.39 Å². The van der Waals surface area contributed by atoms with Crippen LogP contribution in [0.3, 0.4) is 0 Å². The Morgan fingerprint density at radius 3 is 2.74 bits per heavy atom. The Morgan fingerprint density at radius 1 is 1.23 bits per heavy atom. The summed E-state index contributed by atoms with van der Waals surface area (Å²) < 4.78 is 17.0. The lowest BCUT2D eigenvalue weighted by atomic mass is 9.95. The lowest BCUT2D eigenvalue weighted by Gasteiger charge is -2.15. The number of aryl methyl sites for hydroxylation is 1. The van der Waals surface area contributed by atoms with Gasteiger partial charge in [0.15, 0.2) is 10.9 Å². The van der Waals surface area contributed by atoms with Gasteiger partial charge in [0, 0.05) is 36.1 Å². The summed E-state index contributed by atoms with van der Waals surface area (Å²) in [6.07, 6.45) is 4.73. The van der Waals surface area contributed by atoms with Crippen molar-refractivity contribution in [3.63, 3.8) is 0 Å². The van der Waals surface area contributed by atoms with Crippen molar-refractivity contribution >= 4 is 45.6 Å². The summed E-state index contributed by atoms with van der Waals surface area (Å²) in [6, 6.07) is 8.14. The number of nitrogens with zero attached hydrogens (tertiary/aromatic N) is 4. The number of nitrogens with one attached hydrogen (secondary N) is 2. The Kier molecular flexibility index (Phi) is 6.08. The quantitative estimate of drug-likeness (QED) is 0.375. The van der Waals surface area contributed by atoms with Gasteiger partial charge in [0.05, 0.1) is 22.0 Å². The van der Waals surface area contributed by atoms with Gasteiger partial charge in [-0.15, -0.1) is 11.6 Å². The molecule has 0 radical (unpaired) electrons. The van der Waals surface area contributed by atoms with Gasteiger partial charge >= 0.3 is 0 Å². The van der Waals surface area contributed by atoms with Crippen molar-refractivity contribution in [2.24, 2.45) is 0 Å². The van der Waals surface area contributed by atoms with Crippen LogP contribution in [0.1, 0.15) is 25.1 Å². The normalized spacial score (nSPS) is 13.0. The molecule has 1 aliphatic carbocycles. The fraction of sp³-hybridized carbons (Fsp3) is 0.208. The highest BCUT2D eigenvalue weighted by molar-refractivity contribution is 7.19. The molecule has 11 heteroatoms. The number of halogens is 2. The van der Waals surface area contributed by atoms with Crippen molar-refractivity contribution in [2.45, 2.75) is 32.1 Å². The maximum atomic E-state index is 15.4. The van der Waals surface area contributed by atoms with E-state index in [2.05, 4.69) is 20.6 Å². The van der Waals surface area contributed by atoms with Crippen LogP contribution in [-0.2, 0) is 22.4 Å². The predicted octanol–water partition coefficient (Wildman–Crippen LogP) is 4.82. The summed E-state index contributed by atoms with van der Waals surface area (Å²) in [5, 5.41) is 9.87. The molecule has 8 nitrogen and oxygen atoms in total. The number of hydrogen-bond donors (Lipinski definition) is 2. The average Bonchev–Trinajstić information content (AvgIpc) is 3.40. The van der Waals surface area contributed by atoms with E-state index in [4.69, 9.17) is 16.7 Å². The van der Waals surface area contributed by atoms with Gasteiger partial charge in [-0.25, -0.2) is 14.1 Å². The third-order valence-electron chi connectivity index (χ3n) is 5.53. The van der Waals surface area contributed by atoms with Gasteiger partial charge in [0.1, 0.15) is 11.1 Å². The number of pyridine rings is 1. The molecular formula is C24H20ClFN6O2S. The minimum absolute atomic E-state index is 0.212. The van der Waals surface area contributed by atoms with Crippen molar-refractivity contribution in [3.8, 4) is 27.5 Å². The van der Waals surface area contributed by atoms with E-state index in [0.717, 1.165) is 27.4 Å². The first kappa shape index (κ1) is 23.1. The maximum Gasteiger partial charge on any atom is 0.242 e. The molecule has 1 atom stereocenters. The molecule has 2 amide bonds. The number of carbonyl (C=O) groups is 2. The van der Waals surface area contributed by atoms with Gasteiger partial charge in [-0.1, -0.05) is 11.3 Å². The number of alkyl halides is 1. The minimum atomic E-state index is -0.750. The molecule has 3 heterocycles. The summed E-state index contributed by atoms with van der Waals surface area (Å²) in [5.74, 6) is -1.20. The molecule has 178 valence electrons. The largest absolute Gasteiger partial charge is 0.325 e. The monoisotopic (exact) mass is 510 g/mol. The number of anilines is 2. The van der Waals surface area contributed by atoms with Crippen LogP contribution in [0, 0.1) is 5.82 Å². The van der Waals surface area contributed by atoms with Gasteiger partial charge in [0.2, 0.25) is 11.8 Å². The van der Waals surface area contributed by atoms with Crippen molar-refractivity contribution in [1.29, 1.82) is 0 Å². The second kappa shape index (κ2) is 9.20. The van der Waals surface area contributed by atoms with Crippen LogP contribution in [0.4, 0.5) is 15.2 Å². The number of amides is 2. The van der Waals surface area contributed by atoms with Gasteiger partial charge < -0.3 is 10.6 Å². The Bertz CT molecular complexity index is 1450. The zero-order valence-corrected chi connectivity index (χ0v) is 20.4. The second-order valence-electron chi connectivity index (χ2n) is 8.08. The SMILES string of the molecule is CC(=O)Nc1nc2c(s1)-c1c(c(-c3cccnc3)nn1-c1ccc(NC(=O)C(C)Cl)cc1F)CC2. The topological polar surface area (TPSA) is 102 Å². The fourth-order valence-electron chi connectivity index (χ4n) is 3.98. The summed E-state index contributed by atoms with van der Waals surface area (Å²) in [6.45, 7) is 2.97. The zero-order valence-electron chi connectivity index (χ0n) is 18.8. The van der Waals surface area contributed by atoms with Crippen molar-refractivity contribution in [3.05, 3.63) is 59.8 Å². The number of thiazole rings is 1. The Labute approximate surface area is 209 Å². The molecule has 0 bridgehead atoms. The molecule has 0 spiro atoms. The Morgan fingerprint density at radius 2 is 2.06 bits per heavy atom. The van der Waals surface area contributed by atoms with Crippen molar-refractivity contribution in [1.82, 2.24) is 19.7 Å². The Balaban J connectivity index is 1.66. The first-order valence-electron chi connectivity index (χ1n) is 10.9. The number of carbonyl (C=O) groups excluding carboxylic acids is 2. The summed E-state index contributed by atoms with van der Waals surface area (Å²) >= 11 is 7.14. The molecule has 2 N–H and O–H groups in total. The van der Waals surface area contributed by atoms with Gasteiger partial charge in [-0.2, -0.15) is 5.10 Å². The molecule has 5 rings (SSSR count). The van der Waals surface area contributed by atoms with Crippen LogP contribution in [0.15, 0.2) is 42.7 Å². The molecule has 1 aliphatic rings. The first-order chi connectivity index (χ1) is 16.8. The third-order valence-corrected chi connectivity index (χ3v) is 6.75.